The van der Waals surface area contributed by atoms with Gasteiger partial charge in [0.1, 0.15) is 6.61 Å². The van der Waals surface area contributed by atoms with E-state index in [1.54, 1.807) is 12.1 Å². The van der Waals surface area contributed by atoms with E-state index in [-0.39, 0.29) is 31.2 Å². The number of hydrogen-bond donors (Lipinski definition) is 0. The van der Waals surface area contributed by atoms with Gasteiger partial charge in [0.05, 0.1) is 6.42 Å². The van der Waals surface area contributed by atoms with Crippen molar-refractivity contribution < 1.29 is 14.3 Å². The fraction of sp³-hybridized carbons (Fsp3) is 0.222. The number of carbonyl (C=O) groups is 2. The Labute approximate surface area is 124 Å². The van der Waals surface area contributed by atoms with Crippen molar-refractivity contribution in [3.8, 4) is 0 Å². The first-order valence-corrected chi connectivity index (χ1v) is 6.94. The van der Waals surface area contributed by atoms with E-state index >= 15 is 0 Å². The van der Waals surface area contributed by atoms with Crippen LogP contribution in [-0.2, 0) is 16.1 Å². The summed E-state index contributed by atoms with van der Waals surface area (Å²) in [5, 5.41) is 0. The van der Waals surface area contributed by atoms with Gasteiger partial charge in [-0.1, -0.05) is 60.2 Å². The van der Waals surface area contributed by atoms with Gasteiger partial charge in [-0.2, -0.15) is 0 Å². The van der Waals surface area contributed by atoms with Crippen LogP contribution in [0.1, 0.15) is 34.3 Å². The van der Waals surface area contributed by atoms with E-state index in [0.29, 0.717) is 5.56 Å². The molecule has 2 aromatic rings. The van der Waals surface area contributed by atoms with E-state index in [9.17, 15) is 9.59 Å². The molecule has 2 aromatic carbocycles. The average molecular weight is 282 g/mol. The molecule has 108 valence electrons. The highest BCUT2D eigenvalue weighted by Crippen LogP contribution is 2.09. The van der Waals surface area contributed by atoms with Crippen molar-refractivity contribution in [1.82, 2.24) is 0 Å². The molecule has 0 amide bonds. The fourth-order valence-corrected chi connectivity index (χ4v) is 1.91. The molecule has 0 unspecified atom stereocenters. The Balaban J connectivity index is 1.76. The zero-order chi connectivity index (χ0) is 15.1. The molecule has 0 fully saturated rings. The number of Topliss-reactive ketones (excluding diaryl/α,β-unsaturated/α-hetero) is 1. The van der Waals surface area contributed by atoms with Crippen molar-refractivity contribution in [3.05, 3.63) is 71.3 Å². The molecule has 0 bridgehead atoms. The zero-order valence-corrected chi connectivity index (χ0v) is 12.0. The lowest BCUT2D eigenvalue weighted by atomic mass is 10.1. The van der Waals surface area contributed by atoms with Crippen LogP contribution in [0.2, 0.25) is 0 Å². The highest BCUT2D eigenvalue weighted by Gasteiger charge is 2.10. The number of hydrogen-bond acceptors (Lipinski definition) is 3. The van der Waals surface area contributed by atoms with Crippen LogP contribution >= 0.6 is 0 Å². The van der Waals surface area contributed by atoms with Crippen LogP contribution in [0.25, 0.3) is 0 Å². The molecule has 0 saturated carbocycles. The van der Waals surface area contributed by atoms with Gasteiger partial charge < -0.3 is 4.74 Å². The van der Waals surface area contributed by atoms with Crippen LogP contribution in [0.15, 0.2) is 54.6 Å². The Morgan fingerprint density at radius 3 is 2.24 bits per heavy atom. The number of carbonyl (C=O) groups excluding carboxylic acids is 2. The third-order valence-corrected chi connectivity index (χ3v) is 3.17. The quantitative estimate of drug-likeness (QED) is 0.599. The Bertz CT molecular complexity index is 600. The molecule has 0 aromatic heterocycles. The summed E-state index contributed by atoms with van der Waals surface area (Å²) >= 11 is 0. The van der Waals surface area contributed by atoms with E-state index < -0.39 is 0 Å². The lowest BCUT2D eigenvalue weighted by Crippen LogP contribution is -2.08. The van der Waals surface area contributed by atoms with Crippen molar-refractivity contribution in [2.75, 3.05) is 0 Å². The maximum atomic E-state index is 11.9. The smallest absolute Gasteiger partial charge is 0.306 e. The molecular formula is C18H18O3. The maximum Gasteiger partial charge on any atom is 0.306 e. The van der Waals surface area contributed by atoms with Crippen LogP contribution in [0.5, 0.6) is 0 Å². The first-order chi connectivity index (χ1) is 10.1. The predicted octanol–water partition coefficient (Wildman–Crippen LogP) is 3.70. The van der Waals surface area contributed by atoms with Crippen LogP contribution in [-0.4, -0.2) is 11.8 Å². The van der Waals surface area contributed by atoms with Crippen molar-refractivity contribution in [3.63, 3.8) is 0 Å². The topological polar surface area (TPSA) is 43.4 Å². The van der Waals surface area contributed by atoms with Gasteiger partial charge in [0.25, 0.3) is 0 Å². The molecule has 0 heterocycles. The molecule has 0 saturated heterocycles. The van der Waals surface area contributed by atoms with Crippen molar-refractivity contribution in [2.24, 2.45) is 0 Å². The molecule has 0 atom stereocenters. The highest BCUT2D eigenvalue weighted by molar-refractivity contribution is 5.97. The second-order valence-corrected chi connectivity index (χ2v) is 4.94. The number of aryl methyl sites for hydroxylation is 1. The van der Waals surface area contributed by atoms with Gasteiger partial charge >= 0.3 is 5.97 Å². The Morgan fingerprint density at radius 1 is 0.905 bits per heavy atom. The van der Waals surface area contributed by atoms with Crippen molar-refractivity contribution in [1.29, 1.82) is 0 Å². The highest BCUT2D eigenvalue weighted by atomic mass is 16.5. The number of ether oxygens (including phenoxy) is 1. The van der Waals surface area contributed by atoms with Gasteiger partial charge in [0.2, 0.25) is 0 Å². The monoisotopic (exact) mass is 282 g/mol. The largest absolute Gasteiger partial charge is 0.461 e. The van der Waals surface area contributed by atoms with Crippen LogP contribution in [0, 0.1) is 6.92 Å². The Hall–Kier alpha value is -2.42. The van der Waals surface area contributed by atoms with Crippen molar-refractivity contribution >= 4 is 11.8 Å². The standard InChI is InChI=1S/C18H18O3/c1-14-7-9-16(10-8-14)17(19)11-12-18(20)21-13-15-5-3-2-4-6-15/h2-10H,11-13H2,1H3. The molecule has 0 spiro atoms. The third kappa shape index (κ3) is 4.88. The first kappa shape index (κ1) is 15.0. The molecular weight excluding hydrogens is 264 g/mol. The summed E-state index contributed by atoms with van der Waals surface area (Å²) in [5.41, 5.74) is 2.68. The number of ketones is 1. The van der Waals surface area contributed by atoms with Crippen LogP contribution in [0.3, 0.4) is 0 Å². The lowest BCUT2D eigenvalue weighted by Gasteiger charge is -2.05. The maximum absolute atomic E-state index is 11.9. The summed E-state index contributed by atoms with van der Waals surface area (Å²) in [4.78, 5) is 23.6. The lowest BCUT2D eigenvalue weighted by molar-refractivity contribution is -0.144. The van der Waals surface area contributed by atoms with Crippen LogP contribution in [0.4, 0.5) is 0 Å². The summed E-state index contributed by atoms with van der Waals surface area (Å²) in [6.07, 6.45) is 0.288. The second kappa shape index (κ2) is 7.39. The van der Waals surface area contributed by atoms with E-state index in [1.807, 2.05) is 49.4 Å². The summed E-state index contributed by atoms with van der Waals surface area (Å²) in [6, 6.07) is 16.8. The molecule has 0 aliphatic carbocycles. The first-order valence-electron chi connectivity index (χ1n) is 6.94. The average Bonchev–Trinajstić information content (AvgIpc) is 2.52. The van der Waals surface area contributed by atoms with E-state index in [2.05, 4.69) is 0 Å². The molecule has 2 rings (SSSR count). The van der Waals surface area contributed by atoms with Gasteiger partial charge in [-0.05, 0) is 12.5 Å². The van der Waals surface area contributed by atoms with Gasteiger partial charge in [-0.3, -0.25) is 9.59 Å². The number of rotatable bonds is 6. The minimum Gasteiger partial charge on any atom is -0.461 e. The molecule has 0 aliphatic heterocycles. The zero-order valence-electron chi connectivity index (χ0n) is 12.0. The minimum absolute atomic E-state index is 0.0355. The van der Waals surface area contributed by atoms with Gasteiger partial charge in [-0.25, -0.2) is 0 Å². The minimum atomic E-state index is -0.348. The van der Waals surface area contributed by atoms with Crippen molar-refractivity contribution in [2.45, 2.75) is 26.4 Å². The van der Waals surface area contributed by atoms with Crippen LogP contribution < -0.4 is 0 Å². The third-order valence-electron chi connectivity index (χ3n) is 3.17. The van der Waals surface area contributed by atoms with Gasteiger partial charge in [0, 0.05) is 12.0 Å². The number of esters is 1. The summed E-state index contributed by atoms with van der Waals surface area (Å²) in [7, 11) is 0. The molecule has 3 nitrogen and oxygen atoms in total. The molecule has 0 N–H and O–H groups in total. The van der Waals surface area contributed by atoms with E-state index in [4.69, 9.17) is 4.74 Å². The Morgan fingerprint density at radius 2 is 1.57 bits per heavy atom. The van der Waals surface area contributed by atoms with Gasteiger partial charge in [0.15, 0.2) is 5.78 Å². The fourth-order valence-electron chi connectivity index (χ4n) is 1.91. The molecule has 0 radical (unpaired) electrons. The summed E-state index contributed by atoms with van der Waals surface area (Å²) < 4.78 is 5.14. The Kier molecular flexibility index (Phi) is 5.27. The number of benzene rings is 2. The predicted molar refractivity (Wildman–Crippen MR) is 81.0 cm³/mol. The summed E-state index contributed by atoms with van der Waals surface area (Å²) in [6.45, 7) is 2.22. The molecule has 0 aliphatic rings. The SMILES string of the molecule is Cc1ccc(C(=O)CCC(=O)OCc2ccccc2)cc1. The second-order valence-electron chi connectivity index (χ2n) is 4.94. The molecule has 21 heavy (non-hydrogen) atoms. The normalized spacial score (nSPS) is 10.1. The van der Waals surface area contributed by atoms with Gasteiger partial charge in [-0.15, -0.1) is 0 Å². The van der Waals surface area contributed by atoms with E-state index in [0.717, 1.165) is 11.1 Å². The summed E-state index contributed by atoms with van der Waals surface area (Å²) in [5.74, 6) is -0.383. The van der Waals surface area contributed by atoms with E-state index in [1.165, 1.54) is 0 Å². The molecule has 3 heteroatoms.